The molecule has 36 heavy (non-hydrogen) atoms. The van der Waals surface area contributed by atoms with Crippen LogP contribution in [0.1, 0.15) is 15.9 Å². The maximum atomic E-state index is 12.8. The highest BCUT2D eigenvalue weighted by atomic mass is 16.6. The molecular weight excluding hydrogens is 468 g/mol. The van der Waals surface area contributed by atoms with E-state index in [0.717, 1.165) is 30.4 Å². The molecule has 0 atom stereocenters. The molecule has 0 radical (unpaired) electrons. The van der Waals surface area contributed by atoms with Crippen LogP contribution in [0.5, 0.6) is 23.0 Å². The van der Waals surface area contributed by atoms with Crippen molar-refractivity contribution < 1.29 is 42.9 Å². The molecule has 0 spiro atoms. The number of para-hydroxylation sites is 1. The monoisotopic (exact) mass is 488 g/mol. The Bertz CT molecular complexity index is 1300. The van der Waals surface area contributed by atoms with Gasteiger partial charge in [0, 0.05) is 35.4 Å². The van der Waals surface area contributed by atoms with E-state index in [-0.39, 0.29) is 34.1 Å². The van der Waals surface area contributed by atoms with Gasteiger partial charge in [0.25, 0.3) is 0 Å². The summed E-state index contributed by atoms with van der Waals surface area (Å²) in [6, 6.07) is 8.20. The predicted octanol–water partition coefficient (Wildman–Crippen LogP) is 3.95. The van der Waals surface area contributed by atoms with Gasteiger partial charge >= 0.3 is 23.9 Å². The van der Waals surface area contributed by atoms with Gasteiger partial charge in [-0.3, -0.25) is 4.79 Å². The molecule has 0 bridgehead atoms. The topological polar surface area (TPSA) is 122 Å². The highest BCUT2D eigenvalue weighted by molar-refractivity contribution is 6.07. The van der Waals surface area contributed by atoms with E-state index in [2.05, 4.69) is 26.3 Å². The Labute approximate surface area is 206 Å². The lowest BCUT2D eigenvalue weighted by molar-refractivity contribution is -0.131. The van der Waals surface area contributed by atoms with Crippen molar-refractivity contribution in [1.82, 2.24) is 0 Å². The van der Waals surface area contributed by atoms with Crippen molar-refractivity contribution in [2.75, 3.05) is 0 Å². The van der Waals surface area contributed by atoms with Gasteiger partial charge in [0.05, 0.1) is 0 Å². The van der Waals surface area contributed by atoms with Gasteiger partial charge < -0.3 is 18.9 Å². The first kappa shape index (κ1) is 26.9. The van der Waals surface area contributed by atoms with Gasteiger partial charge in [0.2, 0.25) is 0 Å². The number of rotatable bonds is 11. The van der Waals surface area contributed by atoms with E-state index in [0.29, 0.717) is 0 Å². The van der Waals surface area contributed by atoms with Crippen molar-refractivity contribution in [2.45, 2.75) is 0 Å². The summed E-state index contributed by atoms with van der Waals surface area (Å²) in [5.41, 5.74) is 0.290. The van der Waals surface area contributed by atoms with Crippen LogP contribution in [0, 0.1) is 0 Å². The molecule has 0 unspecified atom stereocenters. The quantitative estimate of drug-likeness (QED) is 0.200. The predicted molar refractivity (Wildman–Crippen MR) is 130 cm³/mol. The second-order valence-electron chi connectivity index (χ2n) is 6.53. The highest BCUT2D eigenvalue weighted by Gasteiger charge is 2.17. The molecule has 0 amide bonds. The van der Waals surface area contributed by atoms with Gasteiger partial charge in [-0.05, 0) is 36.4 Å². The Hall–Kier alpha value is -5.31. The van der Waals surface area contributed by atoms with E-state index in [9.17, 15) is 24.0 Å². The molecule has 0 heterocycles. The summed E-state index contributed by atoms with van der Waals surface area (Å²) in [5, 5.41) is 0. The Balaban J connectivity index is 2.44. The lowest BCUT2D eigenvalue weighted by Crippen LogP contribution is -2.10. The number of carbonyl (C=O) groups is 5. The van der Waals surface area contributed by atoms with Crippen molar-refractivity contribution in [1.29, 1.82) is 0 Å². The third kappa shape index (κ3) is 7.35. The zero-order valence-corrected chi connectivity index (χ0v) is 18.9. The maximum Gasteiger partial charge on any atom is 0.335 e. The van der Waals surface area contributed by atoms with Crippen molar-refractivity contribution in [3.05, 3.63) is 104 Å². The molecule has 0 aliphatic rings. The molecule has 2 rings (SSSR count). The summed E-state index contributed by atoms with van der Waals surface area (Å²) in [6.07, 6.45) is 6.11. The summed E-state index contributed by atoms with van der Waals surface area (Å²) >= 11 is 0. The van der Waals surface area contributed by atoms with Crippen LogP contribution in [0.2, 0.25) is 0 Å². The van der Waals surface area contributed by atoms with E-state index in [1.165, 1.54) is 42.5 Å². The standard InChI is InChI=1S/C27H20O9/c1-5-23(29)33-20-15-13-18(16-22(20)35-25(31)7-3)19(28)14-12-17-10-9-11-21(34-24(30)6-2)27(17)36-26(32)8-4/h5-16H,1-4H2. The fourth-order valence-electron chi connectivity index (χ4n) is 2.53. The van der Waals surface area contributed by atoms with Crippen LogP contribution in [0.15, 0.2) is 93.1 Å². The first-order valence-electron chi connectivity index (χ1n) is 10.1. The zero-order chi connectivity index (χ0) is 26.7. The molecule has 0 aliphatic heterocycles. The lowest BCUT2D eigenvalue weighted by atomic mass is 10.1. The van der Waals surface area contributed by atoms with E-state index in [4.69, 9.17) is 18.9 Å². The van der Waals surface area contributed by atoms with Gasteiger partial charge in [-0.15, -0.1) is 0 Å². The minimum atomic E-state index is -0.842. The van der Waals surface area contributed by atoms with E-state index in [1.54, 1.807) is 0 Å². The van der Waals surface area contributed by atoms with Crippen molar-refractivity contribution in [2.24, 2.45) is 0 Å². The van der Waals surface area contributed by atoms with Gasteiger partial charge in [0.1, 0.15) is 0 Å². The average molecular weight is 488 g/mol. The first-order valence-corrected chi connectivity index (χ1v) is 10.1. The number of allylic oxidation sites excluding steroid dienone is 1. The van der Waals surface area contributed by atoms with Crippen LogP contribution in [0.25, 0.3) is 6.08 Å². The molecule has 0 saturated heterocycles. The smallest absolute Gasteiger partial charge is 0.335 e. The summed E-state index contributed by atoms with van der Waals surface area (Å²) in [4.78, 5) is 59.5. The van der Waals surface area contributed by atoms with Crippen LogP contribution in [-0.2, 0) is 19.2 Å². The Morgan fingerprint density at radius 3 is 1.72 bits per heavy atom. The number of benzene rings is 2. The molecule has 0 fully saturated rings. The second-order valence-corrected chi connectivity index (χ2v) is 6.53. The van der Waals surface area contributed by atoms with Crippen molar-refractivity contribution in [3.63, 3.8) is 0 Å². The van der Waals surface area contributed by atoms with Gasteiger partial charge in [-0.1, -0.05) is 38.4 Å². The largest absolute Gasteiger partial charge is 0.419 e. The van der Waals surface area contributed by atoms with Gasteiger partial charge in [-0.25, -0.2) is 19.2 Å². The maximum absolute atomic E-state index is 12.8. The third-order valence-electron chi connectivity index (χ3n) is 4.15. The van der Waals surface area contributed by atoms with Crippen LogP contribution < -0.4 is 18.9 Å². The van der Waals surface area contributed by atoms with Crippen LogP contribution in [0.3, 0.4) is 0 Å². The van der Waals surface area contributed by atoms with Gasteiger partial charge in [-0.2, -0.15) is 0 Å². The minimum absolute atomic E-state index is 0.0652. The molecule has 0 saturated carbocycles. The molecular formula is C27H20O9. The fraction of sp³-hybridized carbons (Fsp3) is 0. The van der Waals surface area contributed by atoms with Crippen LogP contribution in [0.4, 0.5) is 0 Å². The number of carbonyl (C=O) groups excluding carboxylic acids is 5. The molecule has 9 nitrogen and oxygen atoms in total. The zero-order valence-electron chi connectivity index (χ0n) is 18.9. The summed E-state index contributed by atoms with van der Waals surface area (Å²) < 4.78 is 20.4. The molecule has 9 heteroatoms. The number of hydrogen-bond acceptors (Lipinski definition) is 9. The lowest BCUT2D eigenvalue weighted by Gasteiger charge is -2.11. The van der Waals surface area contributed by atoms with Crippen molar-refractivity contribution in [3.8, 4) is 23.0 Å². The second kappa shape index (κ2) is 12.8. The minimum Gasteiger partial charge on any atom is -0.419 e. The number of esters is 4. The average Bonchev–Trinajstić information content (AvgIpc) is 2.88. The van der Waals surface area contributed by atoms with Crippen LogP contribution in [-0.4, -0.2) is 29.7 Å². The third-order valence-corrected chi connectivity index (χ3v) is 4.15. The molecule has 0 aliphatic carbocycles. The Kier molecular flexibility index (Phi) is 9.58. The highest BCUT2D eigenvalue weighted by Crippen LogP contribution is 2.33. The number of ether oxygens (including phenoxy) is 4. The van der Waals surface area contributed by atoms with E-state index in [1.807, 2.05) is 0 Å². The fourth-order valence-corrected chi connectivity index (χ4v) is 2.53. The summed E-state index contributed by atoms with van der Waals surface area (Å²) in [7, 11) is 0. The van der Waals surface area contributed by atoms with Crippen molar-refractivity contribution >= 4 is 35.7 Å². The Morgan fingerprint density at radius 2 is 1.14 bits per heavy atom. The SMILES string of the molecule is C=CC(=O)Oc1ccc(C(=O)C=Cc2cccc(OC(=O)C=C)c2OC(=O)C=C)cc1OC(=O)C=C. The molecule has 0 N–H and O–H groups in total. The molecule has 2 aromatic carbocycles. The normalized spacial score (nSPS) is 10.0. The summed E-state index contributed by atoms with van der Waals surface area (Å²) in [6.45, 7) is 13.2. The Morgan fingerprint density at radius 1 is 0.611 bits per heavy atom. The molecule has 0 aromatic heterocycles. The molecule has 182 valence electrons. The van der Waals surface area contributed by atoms with Crippen LogP contribution >= 0.6 is 0 Å². The van der Waals surface area contributed by atoms with E-state index >= 15 is 0 Å². The van der Waals surface area contributed by atoms with Gasteiger partial charge in [0.15, 0.2) is 28.8 Å². The number of ketones is 1. The van der Waals surface area contributed by atoms with E-state index < -0.39 is 29.7 Å². The first-order chi connectivity index (χ1) is 17.2. The molecule has 2 aromatic rings. The summed E-state index contributed by atoms with van der Waals surface area (Å²) in [5.74, 6) is -4.35. The number of hydrogen-bond donors (Lipinski definition) is 0.